The first kappa shape index (κ1) is 18.7. The predicted molar refractivity (Wildman–Crippen MR) is 111 cm³/mol. The number of nitrogens with one attached hydrogen (secondary N) is 1. The van der Waals surface area contributed by atoms with Gasteiger partial charge < -0.3 is 9.80 Å². The molecular formula is C23H28N3O2+. The second-order valence-electron chi connectivity index (χ2n) is 8.09. The maximum absolute atomic E-state index is 13.0. The Balaban J connectivity index is 1.45. The molecule has 2 fully saturated rings. The van der Waals surface area contributed by atoms with E-state index in [9.17, 15) is 9.59 Å². The number of hydrogen-bond acceptors (Lipinski definition) is 3. The summed E-state index contributed by atoms with van der Waals surface area (Å²) in [5.74, 6) is -0.132. The Morgan fingerprint density at radius 3 is 2.21 bits per heavy atom. The summed E-state index contributed by atoms with van der Waals surface area (Å²) in [5.41, 5.74) is 5.64. The van der Waals surface area contributed by atoms with E-state index in [1.165, 1.54) is 26.6 Å². The van der Waals surface area contributed by atoms with Gasteiger partial charge in [-0.1, -0.05) is 29.8 Å². The molecule has 2 aliphatic rings. The van der Waals surface area contributed by atoms with Crippen LogP contribution < -0.4 is 14.7 Å². The number of aryl methyl sites for hydroxylation is 3. The van der Waals surface area contributed by atoms with Crippen LogP contribution in [0.4, 0.5) is 11.4 Å². The number of carbonyl (C=O) groups excluding carboxylic acids is 2. The van der Waals surface area contributed by atoms with Crippen LogP contribution >= 0.6 is 0 Å². The summed E-state index contributed by atoms with van der Waals surface area (Å²) in [6, 6.07) is 13.9. The highest BCUT2D eigenvalue weighted by molar-refractivity contribution is 6.21. The smallest absolute Gasteiger partial charge is 0.292 e. The van der Waals surface area contributed by atoms with Crippen molar-refractivity contribution in [3.05, 3.63) is 59.2 Å². The molecule has 0 aliphatic carbocycles. The third-order valence-corrected chi connectivity index (χ3v) is 6.04. The molecule has 2 aliphatic heterocycles. The number of quaternary nitrogens is 1. The average Bonchev–Trinajstić information content (AvgIpc) is 2.99. The second-order valence-corrected chi connectivity index (χ2v) is 8.09. The summed E-state index contributed by atoms with van der Waals surface area (Å²) in [5, 5.41) is 0. The number of rotatable bonds is 3. The minimum atomic E-state index is -0.255. The third-order valence-electron chi connectivity index (χ3n) is 6.04. The van der Waals surface area contributed by atoms with Gasteiger partial charge in [0.25, 0.3) is 5.91 Å². The van der Waals surface area contributed by atoms with E-state index >= 15 is 0 Å². The highest BCUT2D eigenvalue weighted by Crippen LogP contribution is 2.24. The Bertz CT molecular complexity index is 899. The molecule has 28 heavy (non-hydrogen) atoms. The molecule has 0 spiro atoms. The summed E-state index contributed by atoms with van der Waals surface area (Å²) in [6.45, 7) is 9.82. The van der Waals surface area contributed by atoms with Crippen LogP contribution in [0.3, 0.4) is 0 Å². The largest absolute Gasteiger partial charge is 0.360 e. The number of amides is 2. The fourth-order valence-corrected chi connectivity index (χ4v) is 4.36. The van der Waals surface area contributed by atoms with Crippen molar-refractivity contribution in [1.82, 2.24) is 0 Å². The molecule has 1 atom stereocenters. The Kier molecular flexibility index (Phi) is 4.94. The molecule has 2 amide bonds. The minimum Gasteiger partial charge on any atom is -0.360 e. The lowest BCUT2D eigenvalue weighted by Crippen LogP contribution is -3.19. The first-order valence-corrected chi connectivity index (χ1v) is 10.0. The molecule has 5 heteroatoms. The Morgan fingerprint density at radius 1 is 0.893 bits per heavy atom. The van der Waals surface area contributed by atoms with Gasteiger partial charge in [0.1, 0.15) is 0 Å². The van der Waals surface area contributed by atoms with E-state index in [0.717, 1.165) is 31.7 Å². The van der Waals surface area contributed by atoms with Crippen LogP contribution in [-0.2, 0) is 9.59 Å². The molecule has 2 saturated heterocycles. The molecule has 0 radical (unpaired) electrons. The van der Waals surface area contributed by atoms with E-state index in [1.807, 2.05) is 31.2 Å². The molecule has 4 rings (SSSR count). The molecule has 0 bridgehead atoms. The van der Waals surface area contributed by atoms with E-state index in [4.69, 9.17) is 0 Å². The summed E-state index contributed by atoms with van der Waals surface area (Å²) >= 11 is 0. The van der Waals surface area contributed by atoms with Crippen LogP contribution in [0.1, 0.15) is 23.1 Å². The Labute approximate surface area is 166 Å². The maximum atomic E-state index is 13.0. The van der Waals surface area contributed by atoms with E-state index < -0.39 is 0 Å². The van der Waals surface area contributed by atoms with E-state index in [2.05, 4.69) is 36.9 Å². The molecule has 2 aromatic carbocycles. The minimum absolute atomic E-state index is 0.0518. The van der Waals surface area contributed by atoms with Crippen LogP contribution in [0, 0.1) is 20.8 Å². The van der Waals surface area contributed by atoms with Crippen LogP contribution in [0.5, 0.6) is 0 Å². The second kappa shape index (κ2) is 7.40. The number of nitrogens with zero attached hydrogens (tertiary/aromatic N) is 2. The molecule has 146 valence electrons. The van der Waals surface area contributed by atoms with Crippen LogP contribution in [-0.4, -0.2) is 44.0 Å². The van der Waals surface area contributed by atoms with Gasteiger partial charge in [0.15, 0.2) is 6.04 Å². The molecular weight excluding hydrogens is 350 g/mol. The third kappa shape index (κ3) is 3.42. The van der Waals surface area contributed by atoms with Crippen LogP contribution in [0.25, 0.3) is 0 Å². The van der Waals surface area contributed by atoms with Crippen molar-refractivity contribution in [1.29, 1.82) is 0 Å². The average molecular weight is 378 g/mol. The number of benzene rings is 2. The lowest BCUT2D eigenvalue weighted by molar-refractivity contribution is -0.915. The first-order chi connectivity index (χ1) is 13.4. The highest BCUT2D eigenvalue weighted by atomic mass is 16.2. The summed E-state index contributed by atoms with van der Waals surface area (Å²) < 4.78 is 0. The van der Waals surface area contributed by atoms with Gasteiger partial charge in [0.2, 0.25) is 5.91 Å². The molecule has 1 N–H and O–H groups in total. The van der Waals surface area contributed by atoms with Gasteiger partial charge in [-0.2, -0.15) is 0 Å². The number of hydrogen-bond donors (Lipinski definition) is 1. The molecule has 0 aromatic heterocycles. The zero-order valence-corrected chi connectivity index (χ0v) is 16.9. The maximum Gasteiger partial charge on any atom is 0.292 e. The molecule has 0 saturated carbocycles. The standard InChI is InChI=1S/C23H27N3O2/c1-16-5-8-19(9-6-16)26-22(27)15-21(23(26)28)25-12-10-24(11-13-25)20-14-17(2)4-7-18(20)3/h4-9,14,21H,10-13,15H2,1-3H3/p+1. The molecule has 2 heterocycles. The predicted octanol–water partition coefficient (Wildman–Crippen LogP) is 1.65. The molecule has 1 unspecified atom stereocenters. The van der Waals surface area contributed by atoms with Crippen LogP contribution in [0.2, 0.25) is 0 Å². The lowest BCUT2D eigenvalue weighted by Gasteiger charge is -2.36. The zero-order valence-electron chi connectivity index (χ0n) is 16.9. The summed E-state index contributed by atoms with van der Waals surface area (Å²) in [6.07, 6.45) is 0.311. The summed E-state index contributed by atoms with van der Waals surface area (Å²) in [4.78, 5) is 30.6. The van der Waals surface area contributed by atoms with Gasteiger partial charge >= 0.3 is 0 Å². The van der Waals surface area contributed by atoms with E-state index in [0.29, 0.717) is 12.1 Å². The van der Waals surface area contributed by atoms with Crippen molar-refractivity contribution in [2.75, 3.05) is 36.0 Å². The quantitative estimate of drug-likeness (QED) is 0.826. The summed E-state index contributed by atoms with van der Waals surface area (Å²) in [7, 11) is 0. The van der Waals surface area contributed by atoms with E-state index in [1.54, 1.807) is 0 Å². The topological polar surface area (TPSA) is 45.1 Å². The van der Waals surface area contributed by atoms with Crippen molar-refractivity contribution in [2.24, 2.45) is 0 Å². The van der Waals surface area contributed by atoms with E-state index in [-0.39, 0.29) is 17.9 Å². The van der Waals surface area contributed by atoms with Gasteiger partial charge in [-0.3, -0.25) is 9.59 Å². The van der Waals surface area contributed by atoms with Crippen molar-refractivity contribution >= 4 is 23.2 Å². The highest BCUT2D eigenvalue weighted by Gasteiger charge is 2.46. The van der Waals surface area contributed by atoms with Crippen molar-refractivity contribution in [3.8, 4) is 0 Å². The molecule has 5 nitrogen and oxygen atoms in total. The Hall–Kier alpha value is -2.66. The van der Waals surface area contributed by atoms with Crippen molar-refractivity contribution in [2.45, 2.75) is 33.2 Å². The van der Waals surface area contributed by atoms with Crippen LogP contribution in [0.15, 0.2) is 42.5 Å². The number of imide groups is 1. The van der Waals surface area contributed by atoms with Gasteiger partial charge in [-0.25, -0.2) is 4.90 Å². The van der Waals surface area contributed by atoms with Gasteiger partial charge in [-0.15, -0.1) is 0 Å². The lowest BCUT2D eigenvalue weighted by atomic mass is 10.1. The number of anilines is 2. The van der Waals surface area contributed by atoms with Gasteiger partial charge in [0, 0.05) is 5.69 Å². The van der Waals surface area contributed by atoms with Crippen molar-refractivity contribution < 1.29 is 14.5 Å². The van der Waals surface area contributed by atoms with Gasteiger partial charge in [-0.05, 0) is 50.1 Å². The fourth-order valence-electron chi connectivity index (χ4n) is 4.36. The number of piperazine rings is 1. The molecule has 2 aromatic rings. The van der Waals surface area contributed by atoms with Crippen molar-refractivity contribution in [3.63, 3.8) is 0 Å². The number of carbonyl (C=O) groups is 2. The van der Waals surface area contributed by atoms with Gasteiger partial charge in [0.05, 0.1) is 38.3 Å². The fraction of sp³-hybridized carbons (Fsp3) is 0.391. The zero-order chi connectivity index (χ0) is 19.8. The first-order valence-electron chi connectivity index (χ1n) is 10.0. The normalized spacial score (nSPS) is 20.9. The Morgan fingerprint density at radius 2 is 1.54 bits per heavy atom. The monoisotopic (exact) mass is 378 g/mol. The SMILES string of the molecule is Cc1ccc(N2C(=O)CC([NH+]3CCN(c4cc(C)ccc4C)CC3)C2=O)cc1.